The van der Waals surface area contributed by atoms with Gasteiger partial charge < -0.3 is 9.47 Å². The highest BCUT2D eigenvalue weighted by atomic mass is 16.5. The lowest BCUT2D eigenvalue weighted by Crippen LogP contribution is -1.98. The minimum Gasteiger partial charge on any atom is -0.497 e. The van der Waals surface area contributed by atoms with E-state index < -0.39 is 0 Å². The number of ether oxygens (including phenoxy) is 2. The van der Waals surface area contributed by atoms with Crippen LogP contribution in [0.5, 0.6) is 5.75 Å². The minimum atomic E-state index is -0.378. The summed E-state index contributed by atoms with van der Waals surface area (Å²) in [4.78, 5) is 10.9. The molecule has 0 aromatic heterocycles. The van der Waals surface area contributed by atoms with Crippen molar-refractivity contribution in [3.05, 3.63) is 42.0 Å². The highest BCUT2D eigenvalue weighted by Crippen LogP contribution is 2.09. The molecule has 0 saturated carbocycles. The van der Waals surface area contributed by atoms with Crippen molar-refractivity contribution in [3.8, 4) is 17.6 Å². The Labute approximate surface area is 101 Å². The Hall–Kier alpha value is -2.21. The Morgan fingerprint density at radius 3 is 2.65 bits per heavy atom. The monoisotopic (exact) mass is 230 g/mol. The maximum absolute atomic E-state index is 10.9. The molecule has 0 N–H and O–H groups in total. The number of allylic oxidation sites excluding steroid dienone is 1. The van der Waals surface area contributed by atoms with Crippen LogP contribution in [0.1, 0.15) is 12.5 Å². The van der Waals surface area contributed by atoms with Crippen molar-refractivity contribution in [2.24, 2.45) is 0 Å². The quantitative estimate of drug-likeness (QED) is 0.453. The van der Waals surface area contributed by atoms with E-state index in [-0.39, 0.29) is 5.97 Å². The molecule has 0 saturated heterocycles. The molecule has 0 atom stereocenters. The molecular formula is C14H14O3. The van der Waals surface area contributed by atoms with Gasteiger partial charge in [0.2, 0.25) is 0 Å². The molecule has 3 heteroatoms. The maximum atomic E-state index is 10.9. The maximum Gasteiger partial charge on any atom is 0.331 e. The number of hydrogen-bond donors (Lipinski definition) is 0. The average Bonchev–Trinajstić information content (AvgIpc) is 2.36. The van der Waals surface area contributed by atoms with Crippen molar-refractivity contribution in [1.82, 2.24) is 0 Å². The molecule has 0 heterocycles. The smallest absolute Gasteiger partial charge is 0.331 e. The van der Waals surface area contributed by atoms with Crippen LogP contribution in [-0.2, 0) is 9.53 Å². The minimum absolute atomic E-state index is 0.370. The van der Waals surface area contributed by atoms with Crippen LogP contribution in [-0.4, -0.2) is 19.7 Å². The second-order valence-corrected chi connectivity index (χ2v) is 3.08. The molecular weight excluding hydrogens is 216 g/mol. The molecule has 0 aliphatic rings. The summed E-state index contributed by atoms with van der Waals surface area (Å²) in [6.07, 6.45) is 2.78. The van der Waals surface area contributed by atoms with Crippen LogP contribution < -0.4 is 4.74 Å². The summed E-state index contributed by atoms with van der Waals surface area (Å²) in [5, 5.41) is 0. The number of methoxy groups -OCH3 is 1. The molecule has 3 nitrogen and oxygen atoms in total. The fourth-order valence-corrected chi connectivity index (χ4v) is 1.10. The predicted molar refractivity (Wildman–Crippen MR) is 65.6 cm³/mol. The lowest BCUT2D eigenvalue weighted by molar-refractivity contribution is -0.137. The van der Waals surface area contributed by atoms with E-state index in [1.165, 1.54) is 12.2 Å². The van der Waals surface area contributed by atoms with Crippen molar-refractivity contribution >= 4 is 5.97 Å². The summed E-state index contributed by atoms with van der Waals surface area (Å²) in [7, 11) is 1.61. The van der Waals surface area contributed by atoms with Crippen LogP contribution in [0, 0.1) is 11.8 Å². The van der Waals surface area contributed by atoms with Gasteiger partial charge in [-0.15, -0.1) is 0 Å². The number of hydrogen-bond acceptors (Lipinski definition) is 3. The van der Waals surface area contributed by atoms with Crippen molar-refractivity contribution in [2.45, 2.75) is 6.92 Å². The largest absolute Gasteiger partial charge is 0.497 e. The van der Waals surface area contributed by atoms with Crippen LogP contribution in [0.25, 0.3) is 0 Å². The van der Waals surface area contributed by atoms with Crippen molar-refractivity contribution in [2.75, 3.05) is 13.7 Å². The number of esters is 1. The second-order valence-electron chi connectivity index (χ2n) is 3.08. The van der Waals surface area contributed by atoms with Gasteiger partial charge in [0, 0.05) is 11.6 Å². The predicted octanol–water partition coefficient (Wildman–Crippen LogP) is 2.17. The Kier molecular flexibility index (Phi) is 5.39. The molecule has 0 unspecified atom stereocenters. The summed E-state index contributed by atoms with van der Waals surface area (Å²) in [5.74, 6) is 6.06. The summed E-state index contributed by atoms with van der Waals surface area (Å²) in [6.45, 7) is 2.13. The number of carbonyl (C=O) groups excluding carboxylic acids is 1. The van der Waals surface area contributed by atoms with Gasteiger partial charge in [-0.05, 0) is 37.3 Å². The molecule has 0 aliphatic heterocycles. The SMILES string of the molecule is CCOC(=O)C=CC#Cc1ccc(OC)cc1. The summed E-state index contributed by atoms with van der Waals surface area (Å²) in [6, 6.07) is 7.37. The zero-order valence-electron chi connectivity index (χ0n) is 9.90. The standard InChI is InChI=1S/C14H14O3/c1-3-17-14(15)7-5-4-6-12-8-10-13(16-2)11-9-12/h5,7-11H,3H2,1-2H3. The zero-order chi connectivity index (χ0) is 12.5. The Morgan fingerprint density at radius 2 is 2.06 bits per heavy atom. The third-order valence-corrected chi connectivity index (χ3v) is 1.90. The van der Waals surface area contributed by atoms with Gasteiger partial charge in [0.1, 0.15) is 5.75 Å². The molecule has 88 valence electrons. The number of rotatable bonds is 3. The Bertz CT molecular complexity index is 447. The molecule has 0 spiro atoms. The highest BCUT2D eigenvalue weighted by Gasteiger charge is 1.91. The van der Waals surface area contributed by atoms with Crippen LogP contribution in [0.2, 0.25) is 0 Å². The molecule has 0 radical (unpaired) electrons. The first-order valence-corrected chi connectivity index (χ1v) is 5.25. The molecule has 1 aromatic carbocycles. The van der Waals surface area contributed by atoms with E-state index in [0.717, 1.165) is 11.3 Å². The molecule has 1 aromatic rings. The van der Waals surface area contributed by atoms with E-state index in [1.54, 1.807) is 14.0 Å². The summed E-state index contributed by atoms with van der Waals surface area (Å²) < 4.78 is 9.74. The molecule has 17 heavy (non-hydrogen) atoms. The zero-order valence-corrected chi connectivity index (χ0v) is 9.90. The molecule has 1 rings (SSSR count). The number of carbonyl (C=O) groups is 1. The van der Waals surface area contributed by atoms with E-state index in [9.17, 15) is 4.79 Å². The van der Waals surface area contributed by atoms with Gasteiger partial charge in [0.15, 0.2) is 0 Å². The van der Waals surface area contributed by atoms with Crippen LogP contribution in [0.15, 0.2) is 36.4 Å². The van der Waals surface area contributed by atoms with Gasteiger partial charge in [-0.2, -0.15) is 0 Å². The summed E-state index contributed by atoms with van der Waals surface area (Å²) in [5.41, 5.74) is 0.860. The first-order valence-electron chi connectivity index (χ1n) is 5.25. The van der Waals surface area contributed by atoms with Gasteiger partial charge >= 0.3 is 5.97 Å². The van der Waals surface area contributed by atoms with Gasteiger partial charge in [-0.25, -0.2) is 4.79 Å². The molecule has 0 aliphatic carbocycles. The highest BCUT2D eigenvalue weighted by molar-refractivity contribution is 5.82. The van der Waals surface area contributed by atoms with Crippen LogP contribution >= 0.6 is 0 Å². The van der Waals surface area contributed by atoms with Gasteiger partial charge in [-0.1, -0.05) is 11.8 Å². The second kappa shape index (κ2) is 7.13. The van der Waals surface area contributed by atoms with Crippen molar-refractivity contribution < 1.29 is 14.3 Å². The van der Waals surface area contributed by atoms with Gasteiger partial charge in [0.05, 0.1) is 13.7 Å². The lowest BCUT2D eigenvalue weighted by Gasteiger charge is -1.97. The summed E-state index contributed by atoms with van der Waals surface area (Å²) >= 11 is 0. The van der Waals surface area contributed by atoms with Crippen molar-refractivity contribution in [1.29, 1.82) is 0 Å². The molecule has 0 bridgehead atoms. The third-order valence-electron chi connectivity index (χ3n) is 1.90. The average molecular weight is 230 g/mol. The van der Waals surface area contributed by atoms with Crippen LogP contribution in [0.3, 0.4) is 0 Å². The van der Waals surface area contributed by atoms with Crippen LogP contribution in [0.4, 0.5) is 0 Å². The normalized spacial score (nSPS) is 9.53. The fourth-order valence-electron chi connectivity index (χ4n) is 1.10. The third kappa shape index (κ3) is 4.89. The fraction of sp³-hybridized carbons (Fsp3) is 0.214. The van der Waals surface area contributed by atoms with E-state index >= 15 is 0 Å². The molecule has 0 amide bonds. The first-order chi connectivity index (χ1) is 8.26. The van der Waals surface area contributed by atoms with E-state index in [1.807, 2.05) is 24.3 Å². The van der Waals surface area contributed by atoms with E-state index in [2.05, 4.69) is 11.8 Å². The Morgan fingerprint density at radius 1 is 1.35 bits per heavy atom. The van der Waals surface area contributed by atoms with Crippen molar-refractivity contribution in [3.63, 3.8) is 0 Å². The van der Waals surface area contributed by atoms with Gasteiger partial charge in [0.25, 0.3) is 0 Å². The van der Waals surface area contributed by atoms with Gasteiger partial charge in [-0.3, -0.25) is 0 Å². The molecule has 0 fully saturated rings. The van der Waals surface area contributed by atoms with E-state index in [0.29, 0.717) is 6.61 Å². The van der Waals surface area contributed by atoms with E-state index in [4.69, 9.17) is 9.47 Å². The topological polar surface area (TPSA) is 35.5 Å². The Balaban J connectivity index is 2.56. The number of benzene rings is 1. The lowest BCUT2D eigenvalue weighted by atomic mass is 10.2. The first kappa shape index (κ1) is 12.9.